The molecule has 0 saturated heterocycles. The number of phenols is 1. The third-order valence-electron chi connectivity index (χ3n) is 9.78. The number of benzene rings is 3. The summed E-state index contributed by atoms with van der Waals surface area (Å²) in [5, 5.41) is 17.6. The van der Waals surface area contributed by atoms with Gasteiger partial charge in [0.25, 0.3) is 5.91 Å². The topological polar surface area (TPSA) is 90.8 Å². The number of Topliss-reactive ketones (excluding diaryl/α,β-unsaturated/α-hetero) is 1. The number of para-hydroxylation sites is 1. The fourth-order valence-electron chi connectivity index (χ4n) is 6.82. The lowest BCUT2D eigenvalue weighted by atomic mass is 9.89. The Morgan fingerprint density at radius 2 is 1.66 bits per heavy atom. The number of dihydropyridines is 1. The zero-order chi connectivity index (χ0) is 32.3. The van der Waals surface area contributed by atoms with E-state index in [1.807, 2.05) is 48.7 Å². The van der Waals surface area contributed by atoms with Crippen LogP contribution in [0.1, 0.15) is 71.1 Å². The SMILES string of the molecule is O=C(NCc1cccc(CN/C2=C/C(c3ccccc3O)=C3/CC3C3=C(CS)C=NC(CC2)C3)c1)c1ccc(CC(=O)C2CC2)cc1. The number of amides is 1. The maximum Gasteiger partial charge on any atom is 0.251 e. The molecule has 6 nitrogen and oxygen atoms in total. The second kappa shape index (κ2) is 13.8. The molecule has 2 bridgehead atoms. The first kappa shape index (κ1) is 31.3. The van der Waals surface area contributed by atoms with E-state index < -0.39 is 0 Å². The van der Waals surface area contributed by atoms with Crippen molar-refractivity contribution in [1.29, 1.82) is 0 Å². The Bertz CT molecular complexity index is 1820. The molecule has 2 unspecified atom stereocenters. The molecule has 3 aromatic carbocycles. The number of rotatable bonds is 11. The monoisotopic (exact) mass is 643 g/mol. The van der Waals surface area contributed by atoms with Gasteiger partial charge >= 0.3 is 0 Å². The molecule has 3 aliphatic carbocycles. The van der Waals surface area contributed by atoms with Gasteiger partial charge in [-0.2, -0.15) is 12.6 Å². The zero-order valence-corrected chi connectivity index (χ0v) is 27.4. The maximum atomic E-state index is 12.9. The van der Waals surface area contributed by atoms with E-state index in [1.54, 1.807) is 18.2 Å². The van der Waals surface area contributed by atoms with Crippen molar-refractivity contribution in [2.45, 2.75) is 64.1 Å². The van der Waals surface area contributed by atoms with E-state index in [2.05, 4.69) is 41.5 Å². The van der Waals surface area contributed by atoms with E-state index in [1.165, 1.54) is 16.7 Å². The molecule has 0 aromatic heterocycles. The van der Waals surface area contributed by atoms with Gasteiger partial charge in [-0.05, 0) is 90.6 Å². The molecule has 7 heteroatoms. The molecule has 4 aliphatic rings. The number of thiol groups is 1. The Morgan fingerprint density at radius 3 is 2.43 bits per heavy atom. The zero-order valence-electron chi connectivity index (χ0n) is 26.5. The quantitative estimate of drug-likeness (QED) is 0.167. The van der Waals surface area contributed by atoms with E-state index in [0.717, 1.165) is 72.0 Å². The van der Waals surface area contributed by atoms with Crippen molar-refractivity contribution in [3.63, 3.8) is 0 Å². The van der Waals surface area contributed by atoms with E-state index in [9.17, 15) is 14.7 Å². The van der Waals surface area contributed by atoms with Gasteiger partial charge in [-0.3, -0.25) is 14.6 Å². The molecule has 2 fully saturated rings. The summed E-state index contributed by atoms with van der Waals surface area (Å²) in [4.78, 5) is 29.9. The normalized spacial score (nSPS) is 23.0. The van der Waals surface area contributed by atoms with Crippen LogP contribution >= 0.6 is 12.6 Å². The number of fused-ring (bicyclic) bond motifs is 4. The molecular weight excluding hydrogens is 603 g/mol. The Kier molecular flexibility index (Phi) is 9.16. The minimum atomic E-state index is -0.131. The molecule has 0 spiro atoms. The summed E-state index contributed by atoms with van der Waals surface area (Å²) in [5.41, 5.74) is 10.9. The third-order valence-corrected chi connectivity index (χ3v) is 10.1. The predicted molar refractivity (Wildman–Crippen MR) is 191 cm³/mol. The van der Waals surface area contributed by atoms with Crippen LogP contribution in [-0.2, 0) is 24.3 Å². The van der Waals surface area contributed by atoms with Crippen LogP contribution in [0.2, 0.25) is 0 Å². The Balaban J connectivity index is 1.03. The van der Waals surface area contributed by atoms with Gasteiger partial charge in [0.1, 0.15) is 11.5 Å². The van der Waals surface area contributed by atoms with Gasteiger partial charge in [-0.15, -0.1) is 0 Å². The number of hydrogen-bond donors (Lipinski definition) is 4. The number of phenolic OH excluding ortho intramolecular Hbond substituents is 1. The summed E-state index contributed by atoms with van der Waals surface area (Å²) in [5.74, 6) is 1.80. The summed E-state index contributed by atoms with van der Waals surface area (Å²) < 4.78 is 0. The van der Waals surface area contributed by atoms with Crippen molar-refractivity contribution in [2.75, 3.05) is 5.75 Å². The molecule has 2 saturated carbocycles. The number of allylic oxidation sites excluding steroid dienone is 4. The highest BCUT2D eigenvalue weighted by Gasteiger charge is 2.39. The molecular formula is C40H41N3O3S. The number of ketones is 1. The van der Waals surface area contributed by atoms with Crippen LogP contribution in [0.25, 0.3) is 5.57 Å². The van der Waals surface area contributed by atoms with Gasteiger partial charge in [-0.1, -0.05) is 65.7 Å². The minimum absolute atomic E-state index is 0.131. The summed E-state index contributed by atoms with van der Waals surface area (Å²) in [6.07, 6.45) is 10.5. The standard InChI is InChI=1S/C40H41N3O3S/c44-38-7-2-1-6-33(38)35-19-32(15-14-31-18-34(36-20-37(35)36)30(24-47)23-42-31)41-21-26-4-3-5-27(16-26)22-43-40(46)29-10-8-25(9-11-29)17-39(45)28-12-13-28/h1-11,16,19,23,28,31,36,41,44,47H,12-15,17-18,20-22,24H2,(H,43,46)/b32-19+,37-35+. The van der Waals surface area contributed by atoms with Gasteiger partial charge in [0.15, 0.2) is 0 Å². The third kappa shape index (κ3) is 7.46. The van der Waals surface area contributed by atoms with Crippen molar-refractivity contribution in [3.8, 4) is 5.75 Å². The van der Waals surface area contributed by atoms with Crippen LogP contribution in [0.3, 0.4) is 0 Å². The fraction of sp³-hybridized carbons (Fsp3) is 0.325. The molecule has 47 heavy (non-hydrogen) atoms. The number of aromatic hydroxyl groups is 1. The van der Waals surface area contributed by atoms with Crippen LogP contribution in [0.5, 0.6) is 5.75 Å². The van der Waals surface area contributed by atoms with E-state index in [-0.39, 0.29) is 17.9 Å². The number of nitrogens with zero attached hydrogens (tertiary/aromatic N) is 1. The highest BCUT2D eigenvalue weighted by Crippen LogP contribution is 2.52. The average Bonchev–Trinajstić information content (AvgIpc) is 4.03. The first-order chi connectivity index (χ1) is 22.9. The summed E-state index contributed by atoms with van der Waals surface area (Å²) in [6, 6.07) is 23.5. The van der Waals surface area contributed by atoms with Gasteiger partial charge in [-0.25, -0.2) is 0 Å². The highest BCUT2D eigenvalue weighted by molar-refractivity contribution is 7.80. The van der Waals surface area contributed by atoms with E-state index >= 15 is 0 Å². The second-order valence-corrected chi connectivity index (χ2v) is 13.6. The maximum absolute atomic E-state index is 12.9. The number of carbonyl (C=O) groups is 2. The number of aliphatic imine (C=N–C) groups is 1. The first-order valence-corrected chi connectivity index (χ1v) is 17.4. The summed E-state index contributed by atoms with van der Waals surface area (Å²) in [7, 11) is 0. The lowest BCUT2D eigenvalue weighted by molar-refractivity contribution is -0.119. The lowest BCUT2D eigenvalue weighted by Crippen LogP contribution is -2.23. The van der Waals surface area contributed by atoms with Crippen molar-refractivity contribution in [1.82, 2.24) is 10.6 Å². The van der Waals surface area contributed by atoms with E-state index in [4.69, 9.17) is 4.99 Å². The second-order valence-electron chi connectivity index (χ2n) is 13.2. The molecule has 7 rings (SSSR count). The fourth-order valence-corrected chi connectivity index (χ4v) is 7.10. The van der Waals surface area contributed by atoms with Gasteiger partial charge < -0.3 is 15.7 Å². The van der Waals surface area contributed by atoms with Crippen LogP contribution < -0.4 is 10.6 Å². The molecule has 1 amide bonds. The molecule has 0 radical (unpaired) electrons. The molecule has 3 aromatic rings. The van der Waals surface area contributed by atoms with Gasteiger partial charge in [0.05, 0.1) is 6.04 Å². The van der Waals surface area contributed by atoms with Crippen LogP contribution in [0.15, 0.2) is 106 Å². The highest BCUT2D eigenvalue weighted by atomic mass is 32.1. The molecule has 240 valence electrons. The molecule has 2 atom stereocenters. The smallest absolute Gasteiger partial charge is 0.251 e. The van der Waals surface area contributed by atoms with Crippen molar-refractivity contribution in [3.05, 3.63) is 129 Å². The number of carbonyl (C=O) groups excluding carboxylic acids is 2. The number of hydrogen-bond acceptors (Lipinski definition) is 6. The lowest BCUT2D eigenvalue weighted by Gasteiger charge is -2.24. The van der Waals surface area contributed by atoms with Crippen LogP contribution in [0, 0.1) is 11.8 Å². The van der Waals surface area contributed by atoms with Crippen molar-refractivity contribution < 1.29 is 14.7 Å². The minimum Gasteiger partial charge on any atom is -0.507 e. The van der Waals surface area contributed by atoms with Crippen molar-refractivity contribution in [2.24, 2.45) is 16.8 Å². The van der Waals surface area contributed by atoms with Crippen molar-refractivity contribution >= 4 is 36.1 Å². The van der Waals surface area contributed by atoms with E-state index in [0.29, 0.717) is 48.3 Å². The molecule has 1 heterocycles. The Labute approximate surface area is 282 Å². The Hall–Kier alpha value is -4.36. The number of nitrogens with one attached hydrogen (secondary N) is 2. The summed E-state index contributed by atoms with van der Waals surface area (Å²) in [6.45, 7) is 1.07. The summed E-state index contributed by atoms with van der Waals surface area (Å²) >= 11 is 4.59. The van der Waals surface area contributed by atoms with Gasteiger partial charge in [0.2, 0.25) is 0 Å². The average molecular weight is 644 g/mol. The van der Waals surface area contributed by atoms with Crippen LogP contribution in [0.4, 0.5) is 0 Å². The van der Waals surface area contributed by atoms with Gasteiger partial charge in [0, 0.05) is 60.1 Å². The predicted octanol–water partition coefficient (Wildman–Crippen LogP) is 7.15. The van der Waals surface area contributed by atoms with Crippen LogP contribution in [-0.4, -0.2) is 34.8 Å². The first-order valence-electron chi connectivity index (χ1n) is 16.7. The molecule has 1 aliphatic heterocycles. The largest absolute Gasteiger partial charge is 0.507 e. The molecule has 3 N–H and O–H groups in total. The Morgan fingerprint density at radius 1 is 0.872 bits per heavy atom.